The van der Waals surface area contributed by atoms with Gasteiger partial charge in [0.05, 0.1) is 32.0 Å². The number of esters is 2. The van der Waals surface area contributed by atoms with Gasteiger partial charge < -0.3 is 43.6 Å². The van der Waals surface area contributed by atoms with Gasteiger partial charge in [-0.15, -0.1) is 0 Å². The summed E-state index contributed by atoms with van der Waals surface area (Å²) in [6.45, 7) is 1.31. The molecule has 1 amide bonds. The van der Waals surface area contributed by atoms with E-state index in [-0.39, 0.29) is 30.9 Å². The van der Waals surface area contributed by atoms with Crippen LogP contribution in [0.15, 0.2) is 140 Å². The van der Waals surface area contributed by atoms with Crippen LogP contribution < -0.4 is 14.8 Å². The highest BCUT2D eigenvalue weighted by Gasteiger charge is 2.52. The van der Waals surface area contributed by atoms with Crippen molar-refractivity contribution in [1.29, 1.82) is 0 Å². The minimum atomic E-state index is -1.34. The van der Waals surface area contributed by atoms with E-state index in [0.29, 0.717) is 30.8 Å². The second-order valence-corrected chi connectivity index (χ2v) is 14.2. The first-order chi connectivity index (χ1) is 29.3. The molecule has 0 aliphatic carbocycles. The molecule has 1 fully saturated rings. The zero-order chi connectivity index (χ0) is 42.3. The van der Waals surface area contributed by atoms with Crippen molar-refractivity contribution in [2.24, 2.45) is 0 Å². The number of methoxy groups -OCH3 is 2. The quantitative estimate of drug-likeness (QED) is 0.0511. The number of hydrogen-bond acceptors (Lipinski definition) is 11. The number of unbranched alkanes of at least 4 members (excludes halogenated alkanes) is 2. The molecule has 6 rings (SSSR count). The smallest absolute Gasteiger partial charge is 0.338 e. The Hall–Kier alpha value is -6.05. The second-order valence-electron chi connectivity index (χ2n) is 14.2. The van der Waals surface area contributed by atoms with Crippen molar-refractivity contribution >= 4 is 17.8 Å². The zero-order valence-electron chi connectivity index (χ0n) is 33.9. The van der Waals surface area contributed by atoms with Gasteiger partial charge in [0, 0.05) is 20.1 Å². The number of aliphatic hydroxyl groups excluding tert-OH is 1. The molecule has 12 nitrogen and oxygen atoms in total. The lowest BCUT2D eigenvalue weighted by Crippen LogP contribution is -2.67. The van der Waals surface area contributed by atoms with Crippen LogP contribution in [0.25, 0.3) is 0 Å². The first-order valence-corrected chi connectivity index (χ1v) is 19.9. The summed E-state index contributed by atoms with van der Waals surface area (Å²) in [6.07, 6.45) is -3.17. The van der Waals surface area contributed by atoms with Gasteiger partial charge in [-0.3, -0.25) is 4.79 Å². The van der Waals surface area contributed by atoms with Crippen LogP contribution in [-0.2, 0) is 34.1 Å². The van der Waals surface area contributed by atoms with Crippen LogP contribution in [0.3, 0.4) is 0 Å². The Morgan fingerprint density at radius 2 is 1.12 bits per heavy atom. The SMILES string of the molecule is COc1ccc(C(OCC2OC(OCCCCCO)C(NC(C)=O)C(OC(=O)c3ccccc3)C2OC(=O)c2ccccc2)(c2ccccc2)c2ccc(OC)cc2)cc1. The fourth-order valence-electron chi connectivity index (χ4n) is 7.25. The van der Waals surface area contributed by atoms with Crippen molar-refractivity contribution in [3.8, 4) is 11.5 Å². The predicted molar refractivity (Wildman–Crippen MR) is 223 cm³/mol. The molecule has 5 aromatic rings. The van der Waals surface area contributed by atoms with E-state index < -0.39 is 54.1 Å². The summed E-state index contributed by atoms with van der Waals surface area (Å²) in [7, 11) is 3.19. The molecule has 5 aromatic carbocycles. The van der Waals surface area contributed by atoms with Crippen LogP contribution in [0.2, 0.25) is 0 Å². The number of amides is 1. The van der Waals surface area contributed by atoms with E-state index in [9.17, 15) is 19.5 Å². The number of hydrogen-bond donors (Lipinski definition) is 2. The van der Waals surface area contributed by atoms with Gasteiger partial charge in [0.25, 0.3) is 0 Å². The Balaban J connectivity index is 1.48. The molecule has 314 valence electrons. The van der Waals surface area contributed by atoms with Crippen LogP contribution in [-0.4, -0.2) is 87.6 Å². The number of carbonyl (C=O) groups is 3. The van der Waals surface area contributed by atoms with Gasteiger partial charge in [0.2, 0.25) is 5.91 Å². The molecule has 1 heterocycles. The van der Waals surface area contributed by atoms with Gasteiger partial charge in [0.1, 0.15) is 29.2 Å². The van der Waals surface area contributed by atoms with Crippen LogP contribution in [0, 0.1) is 0 Å². The first kappa shape index (κ1) is 43.5. The average Bonchev–Trinajstić information content (AvgIpc) is 3.29. The van der Waals surface area contributed by atoms with Crippen molar-refractivity contribution < 1.29 is 52.6 Å². The van der Waals surface area contributed by atoms with Crippen LogP contribution >= 0.6 is 0 Å². The maximum Gasteiger partial charge on any atom is 0.338 e. The van der Waals surface area contributed by atoms with E-state index in [1.165, 1.54) is 6.92 Å². The predicted octanol–water partition coefficient (Wildman–Crippen LogP) is 6.87. The summed E-state index contributed by atoms with van der Waals surface area (Å²) in [5.74, 6) is -0.590. The molecule has 1 saturated heterocycles. The van der Waals surface area contributed by atoms with E-state index in [0.717, 1.165) is 16.7 Å². The largest absolute Gasteiger partial charge is 0.497 e. The topological polar surface area (TPSA) is 148 Å². The fraction of sp³-hybridized carbons (Fsp3) is 0.312. The number of ether oxygens (including phenoxy) is 7. The summed E-state index contributed by atoms with van der Waals surface area (Å²) in [4.78, 5) is 40.8. The molecule has 5 atom stereocenters. The standard InChI is InChI=1S/C48H51NO11/c1-33(51)49-42-44(60-46(53)35-18-10-5-11-19-35)43(59-45(52)34-16-8-4-9-17-34)41(58-47(42)56-31-15-7-14-30-50)32-57-48(36-20-12-6-13-21-36,37-22-26-39(54-2)27-23-37)38-24-28-40(55-3)29-25-38/h4-6,8-13,16-29,41-44,47,50H,7,14-15,30-32H2,1-3H3,(H,49,51). The summed E-state index contributed by atoms with van der Waals surface area (Å²) in [6, 6.07) is 40.4. The highest BCUT2D eigenvalue weighted by Crippen LogP contribution is 2.43. The van der Waals surface area contributed by atoms with E-state index >= 15 is 0 Å². The van der Waals surface area contributed by atoms with Crippen LogP contribution in [0.4, 0.5) is 0 Å². The van der Waals surface area contributed by atoms with Gasteiger partial charge in [0.15, 0.2) is 18.5 Å². The molecular formula is C48H51NO11. The van der Waals surface area contributed by atoms with E-state index in [1.807, 2.05) is 78.9 Å². The normalized spacial score (nSPS) is 18.8. The molecule has 0 saturated carbocycles. The molecule has 1 aliphatic heterocycles. The highest BCUT2D eigenvalue weighted by molar-refractivity contribution is 5.90. The molecule has 0 radical (unpaired) electrons. The average molecular weight is 818 g/mol. The molecule has 2 N–H and O–H groups in total. The molecule has 1 aliphatic rings. The Morgan fingerprint density at radius 1 is 0.633 bits per heavy atom. The molecule has 5 unspecified atom stereocenters. The number of nitrogens with one attached hydrogen (secondary N) is 1. The van der Waals surface area contributed by atoms with Gasteiger partial charge in [-0.25, -0.2) is 9.59 Å². The monoisotopic (exact) mass is 817 g/mol. The van der Waals surface area contributed by atoms with Crippen molar-refractivity contribution in [3.63, 3.8) is 0 Å². The van der Waals surface area contributed by atoms with E-state index in [4.69, 9.17) is 33.2 Å². The maximum atomic E-state index is 14.0. The van der Waals surface area contributed by atoms with Gasteiger partial charge in [-0.1, -0.05) is 91.0 Å². The lowest BCUT2D eigenvalue weighted by molar-refractivity contribution is -0.275. The minimum Gasteiger partial charge on any atom is -0.497 e. The molecule has 12 heteroatoms. The molecule has 0 aromatic heterocycles. The van der Waals surface area contributed by atoms with Crippen LogP contribution in [0.1, 0.15) is 63.6 Å². The van der Waals surface area contributed by atoms with Crippen molar-refractivity contribution in [2.45, 2.75) is 62.4 Å². The fourth-order valence-corrected chi connectivity index (χ4v) is 7.25. The number of rotatable bonds is 19. The van der Waals surface area contributed by atoms with Crippen molar-refractivity contribution in [1.82, 2.24) is 5.32 Å². The Kier molecular flexibility index (Phi) is 15.4. The van der Waals surface area contributed by atoms with Gasteiger partial charge in [-0.05, 0) is 84.5 Å². The lowest BCUT2D eigenvalue weighted by Gasteiger charge is -2.46. The zero-order valence-corrected chi connectivity index (χ0v) is 33.9. The summed E-state index contributed by atoms with van der Waals surface area (Å²) < 4.78 is 43.9. The van der Waals surface area contributed by atoms with E-state index in [1.54, 1.807) is 74.9 Å². The van der Waals surface area contributed by atoms with E-state index in [2.05, 4.69) is 5.32 Å². The lowest BCUT2D eigenvalue weighted by atomic mass is 9.80. The van der Waals surface area contributed by atoms with Gasteiger partial charge >= 0.3 is 11.9 Å². The first-order valence-electron chi connectivity index (χ1n) is 19.9. The second kappa shape index (κ2) is 21.3. The highest BCUT2D eigenvalue weighted by atomic mass is 16.7. The Bertz CT molecular complexity index is 2050. The number of aliphatic hydroxyl groups is 1. The number of benzene rings is 5. The van der Waals surface area contributed by atoms with Gasteiger partial charge in [-0.2, -0.15) is 0 Å². The molecular weight excluding hydrogens is 767 g/mol. The summed E-state index contributed by atoms with van der Waals surface area (Å²) >= 11 is 0. The Labute approximate surface area is 350 Å². The van der Waals surface area contributed by atoms with Crippen LogP contribution in [0.5, 0.6) is 11.5 Å². The van der Waals surface area contributed by atoms with Crippen molar-refractivity contribution in [3.05, 3.63) is 167 Å². The minimum absolute atomic E-state index is 0.0331. The molecule has 0 spiro atoms. The maximum absolute atomic E-state index is 14.0. The third-order valence-electron chi connectivity index (χ3n) is 10.2. The molecule has 60 heavy (non-hydrogen) atoms. The summed E-state index contributed by atoms with van der Waals surface area (Å²) in [5, 5.41) is 12.2. The third kappa shape index (κ3) is 10.6. The molecule has 0 bridgehead atoms. The summed E-state index contributed by atoms with van der Waals surface area (Å²) in [5.41, 5.74) is 1.45. The third-order valence-corrected chi connectivity index (χ3v) is 10.2. The number of carbonyl (C=O) groups excluding carboxylic acids is 3. The van der Waals surface area contributed by atoms with Crippen molar-refractivity contribution in [2.75, 3.05) is 34.0 Å². The Morgan fingerprint density at radius 3 is 1.60 bits per heavy atom.